The Labute approximate surface area is 65.6 Å². The van der Waals surface area contributed by atoms with Gasteiger partial charge in [-0.1, -0.05) is 6.92 Å². The molecule has 1 fully saturated rings. The molecule has 4 heteroatoms. The second-order valence-corrected chi connectivity index (χ2v) is 2.53. The van der Waals surface area contributed by atoms with E-state index in [0.29, 0.717) is 19.5 Å². The van der Waals surface area contributed by atoms with Crippen LogP contribution in [0.2, 0.25) is 0 Å². The molecule has 0 aromatic carbocycles. The minimum Gasteiger partial charge on any atom is -0.336 e. The molecule has 0 aromatic rings. The summed E-state index contributed by atoms with van der Waals surface area (Å²) < 4.78 is 0. The lowest BCUT2D eigenvalue weighted by Crippen LogP contribution is -2.33. The molecule has 1 aliphatic rings. The van der Waals surface area contributed by atoms with E-state index in [9.17, 15) is 9.59 Å². The molecule has 3 amide bonds. The third-order valence-electron chi connectivity index (χ3n) is 1.62. The largest absolute Gasteiger partial charge is 0.336 e. The van der Waals surface area contributed by atoms with Gasteiger partial charge in [-0.3, -0.25) is 9.69 Å². The Morgan fingerprint density at radius 2 is 2.45 bits per heavy atom. The number of hydrogen-bond donors (Lipinski definition) is 1. The fourth-order valence-corrected chi connectivity index (χ4v) is 1.06. The minimum atomic E-state index is -0.247. The highest BCUT2D eigenvalue weighted by atomic mass is 16.2. The Morgan fingerprint density at radius 1 is 1.73 bits per heavy atom. The maximum Gasteiger partial charge on any atom is 0.324 e. The summed E-state index contributed by atoms with van der Waals surface area (Å²) in [7, 11) is 0. The lowest BCUT2D eigenvalue weighted by atomic mass is 10.3. The second kappa shape index (κ2) is 3.37. The summed E-state index contributed by atoms with van der Waals surface area (Å²) in [4.78, 5) is 23.3. The predicted octanol–water partition coefficient (Wildman–Crippen LogP) is 0.338. The number of nitrogens with one attached hydrogen (secondary N) is 1. The summed E-state index contributed by atoms with van der Waals surface area (Å²) in [6, 6.07) is -0.247. The molecule has 1 saturated heterocycles. The van der Waals surface area contributed by atoms with Crippen molar-refractivity contribution in [3.05, 3.63) is 0 Å². The van der Waals surface area contributed by atoms with Crippen molar-refractivity contribution in [3.63, 3.8) is 0 Å². The first kappa shape index (κ1) is 8.04. The molecule has 0 radical (unpaired) electrons. The number of carbonyl (C=O) groups excluding carboxylic acids is 2. The van der Waals surface area contributed by atoms with Gasteiger partial charge in [0.05, 0.1) is 0 Å². The molecule has 0 aliphatic carbocycles. The Bertz CT molecular complexity index is 179. The third kappa shape index (κ3) is 1.69. The highest BCUT2D eigenvalue weighted by molar-refractivity contribution is 5.95. The van der Waals surface area contributed by atoms with Crippen LogP contribution in [-0.2, 0) is 4.79 Å². The molecule has 1 aliphatic heterocycles. The van der Waals surface area contributed by atoms with Crippen molar-refractivity contribution >= 4 is 11.9 Å². The Hall–Kier alpha value is -1.06. The first-order chi connectivity index (χ1) is 5.25. The fraction of sp³-hybridized carbons (Fsp3) is 0.714. The summed E-state index contributed by atoms with van der Waals surface area (Å²) >= 11 is 0. The van der Waals surface area contributed by atoms with E-state index >= 15 is 0 Å². The van der Waals surface area contributed by atoms with E-state index in [1.54, 1.807) is 0 Å². The minimum absolute atomic E-state index is 0.0671. The monoisotopic (exact) mass is 156 g/mol. The zero-order valence-electron chi connectivity index (χ0n) is 6.59. The third-order valence-corrected chi connectivity index (χ3v) is 1.62. The van der Waals surface area contributed by atoms with Crippen molar-refractivity contribution in [2.45, 2.75) is 19.8 Å². The smallest absolute Gasteiger partial charge is 0.324 e. The van der Waals surface area contributed by atoms with Gasteiger partial charge in [0, 0.05) is 19.5 Å². The molecular formula is C7H12N2O2. The molecule has 11 heavy (non-hydrogen) atoms. The van der Waals surface area contributed by atoms with E-state index in [1.807, 2.05) is 6.92 Å². The van der Waals surface area contributed by atoms with Crippen LogP contribution in [0.25, 0.3) is 0 Å². The van der Waals surface area contributed by atoms with Gasteiger partial charge in [-0.2, -0.15) is 0 Å². The molecule has 0 atom stereocenters. The van der Waals surface area contributed by atoms with Crippen molar-refractivity contribution in [3.8, 4) is 0 Å². The zero-order valence-corrected chi connectivity index (χ0v) is 6.59. The van der Waals surface area contributed by atoms with Crippen LogP contribution in [0.1, 0.15) is 19.8 Å². The van der Waals surface area contributed by atoms with E-state index in [-0.39, 0.29) is 11.9 Å². The second-order valence-electron chi connectivity index (χ2n) is 2.53. The van der Waals surface area contributed by atoms with Crippen molar-refractivity contribution < 1.29 is 9.59 Å². The topological polar surface area (TPSA) is 49.4 Å². The van der Waals surface area contributed by atoms with Gasteiger partial charge >= 0.3 is 6.03 Å². The summed E-state index contributed by atoms with van der Waals surface area (Å²) in [6.07, 6.45) is 1.26. The SMILES string of the molecule is CCCC(=O)N1CCNC1=O. The summed E-state index contributed by atoms with van der Waals surface area (Å²) in [5.74, 6) is -0.0671. The molecule has 0 aromatic heterocycles. The van der Waals surface area contributed by atoms with Crippen molar-refractivity contribution in [2.24, 2.45) is 0 Å². The molecule has 4 nitrogen and oxygen atoms in total. The average molecular weight is 156 g/mol. The van der Waals surface area contributed by atoms with Crippen molar-refractivity contribution in [1.29, 1.82) is 0 Å². The molecule has 0 unspecified atom stereocenters. The summed E-state index contributed by atoms with van der Waals surface area (Å²) in [5.41, 5.74) is 0. The Morgan fingerprint density at radius 3 is 2.91 bits per heavy atom. The van der Waals surface area contributed by atoms with Crippen LogP contribution < -0.4 is 5.32 Å². The first-order valence-electron chi connectivity index (χ1n) is 3.84. The standard InChI is InChI=1S/C7H12N2O2/c1-2-3-6(10)9-5-4-8-7(9)11/h2-5H2,1H3,(H,8,11). The van der Waals surface area contributed by atoms with Gasteiger partial charge in [-0.05, 0) is 6.42 Å². The number of rotatable bonds is 2. The quantitative estimate of drug-likeness (QED) is 0.626. The Kier molecular flexibility index (Phi) is 2.46. The average Bonchev–Trinajstić information content (AvgIpc) is 2.36. The number of urea groups is 1. The van der Waals surface area contributed by atoms with Crippen LogP contribution in [0, 0.1) is 0 Å². The van der Waals surface area contributed by atoms with Gasteiger partial charge in [-0.25, -0.2) is 4.79 Å². The predicted molar refractivity (Wildman–Crippen MR) is 40.0 cm³/mol. The van der Waals surface area contributed by atoms with Gasteiger partial charge in [0.2, 0.25) is 5.91 Å². The molecular weight excluding hydrogens is 144 g/mol. The molecule has 62 valence electrons. The number of imide groups is 1. The Balaban J connectivity index is 2.46. The number of amides is 3. The summed E-state index contributed by atoms with van der Waals surface area (Å²) in [5, 5.41) is 2.58. The number of hydrogen-bond acceptors (Lipinski definition) is 2. The highest BCUT2D eigenvalue weighted by Gasteiger charge is 2.24. The molecule has 0 spiro atoms. The highest BCUT2D eigenvalue weighted by Crippen LogP contribution is 2.01. The van der Waals surface area contributed by atoms with E-state index < -0.39 is 0 Å². The van der Waals surface area contributed by atoms with Gasteiger partial charge in [0.25, 0.3) is 0 Å². The molecule has 0 bridgehead atoms. The van der Waals surface area contributed by atoms with Crippen LogP contribution in [-0.4, -0.2) is 29.9 Å². The van der Waals surface area contributed by atoms with Gasteiger partial charge < -0.3 is 5.32 Å². The van der Waals surface area contributed by atoms with E-state index in [4.69, 9.17) is 0 Å². The van der Waals surface area contributed by atoms with Crippen LogP contribution >= 0.6 is 0 Å². The van der Waals surface area contributed by atoms with Gasteiger partial charge in [0.15, 0.2) is 0 Å². The number of nitrogens with zero attached hydrogens (tertiary/aromatic N) is 1. The zero-order chi connectivity index (χ0) is 8.27. The van der Waals surface area contributed by atoms with Crippen molar-refractivity contribution in [2.75, 3.05) is 13.1 Å². The van der Waals surface area contributed by atoms with Crippen LogP contribution in [0.5, 0.6) is 0 Å². The van der Waals surface area contributed by atoms with Gasteiger partial charge in [-0.15, -0.1) is 0 Å². The van der Waals surface area contributed by atoms with E-state index in [1.165, 1.54) is 4.90 Å². The van der Waals surface area contributed by atoms with Gasteiger partial charge in [0.1, 0.15) is 0 Å². The van der Waals surface area contributed by atoms with E-state index in [0.717, 1.165) is 6.42 Å². The maximum absolute atomic E-state index is 11.1. The lowest BCUT2D eigenvalue weighted by molar-refractivity contribution is -0.127. The van der Waals surface area contributed by atoms with E-state index in [2.05, 4.69) is 5.32 Å². The van der Waals surface area contributed by atoms with Crippen LogP contribution in [0.15, 0.2) is 0 Å². The maximum atomic E-state index is 11.1. The molecule has 1 N–H and O–H groups in total. The fourth-order valence-electron chi connectivity index (χ4n) is 1.06. The first-order valence-corrected chi connectivity index (χ1v) is 3.84. The molecule has 1 heterocycles. The van der Waals surface area contributed by atoms with Crippen LogP contribution in [0.4, 0.5) is 4.79 Å². The molecule has 1 rings (SSSR count). The normalized spacial score (nSPS) is 16.8. The molecule has 0 saturated carbocycles. The van der Waals surface area contributed by atoms with Crippen LogP contribution in [0.3, 0.4) is 0 Å². The number of carbonyl (C=O) groups is 2. The summed E-state index contributed by atoms with van der Waals surface area (Å²) in [6.45, 7) is 3.04. The lowest BCUT2D eigenvalue weighted by Gasteiger charge is -2.10. The van der Waals surface area contributed by atoms with Crippen molar-refractivity contribution in [1.82, 2.24) is 10.2 Å².